The van der Waals surface area contributed by atoms with Crippen molar-refractivity contribution in [1.82, 2.24) is 0 Å². The van der Waals surface area contributed by atoms with Crippen LogP contribution in [0.3, 0.4) is 0 Å². The molecule has 1 aromatic rings. The van der Waals surface area contributed by atoms with E-state index < -0.39 is 0 Å². The highest BCUT2D eigenvalue weighted by atomic mass is 14.7. The first-order valence-electron chi connectivity index (χ1n) is 7.36. The van der Waals surface area contributed by atoms with Crippen LogP contribution in [0.5, 0.6) is 0 Å². The molecule has 0 aromatic heterocycles. The molecule has 3 rings (SSSR count). The van der Waals surface area contributed by atoms with E-state index in [1.807, 2.05) is 0 Å². The lowest BCUT2D eigenvalue weighted by atomic mass is 9.89. The van der Waals surface area contributed by atoms with Crippen molar-refractivity contribution in [1.29, 1.82) is 0 Å². The van der Waals surface area contributed by atoms with Crippen molar-refractivity contribution in [3.8, 4) is 0 Å². The largest absolute Gasteiger partial charge is 0.324 e. The first-order chi connectivity index (χ1) is 8.84. The molecule has 1 unspecified atom stereocenters. The van der Waals surface area contributed by atoms with E-state index >= 15 is 0 Å². The Morgan fingerprint density at radius 1 is 1.00 bits per heavy atom. The third kappa shape index (κ3) is 2.37. The topological polar surface area (TPSA) is 26.0 Å². The number of nitrogens with two attached hydrogens (primary N) is 1. The fraction of sp³-hybridized carbons (Fsp3) is 0.529. The Morgan fingerprint density at radius 3 is 2.44 bits per heavy atom. The van der Waals surface area contributed by atoms with Crippen molar-refractivity contribution in [3.05, 3.63) is 47.0 Å². The van der Waals surface area contributed by atoms with Crippen LogP contribution in [-0.4, -0.2) is 6.04 Å². The molecule has 0 aliphatic heterocycles. The molecule has 1 aromatic carbocycles. The monoisotopic (exact) mass is 241 g/mol. The van der Waals surface area contributed by atoms with Crippen LogP contribution in [0.2, 0.25) is 0 Å². The molecule has 0 radical (unpaired) electrons. The minimum atomic E-state index is 0.287. The van der Waals surface area contributed by atoms with Gasteiger partial charge in [0.1, 0.15) is 0 Å². The molecule has 2 aliphatic carbocycles. The quantitative estimate of drug-likeness (QED) is 0.786. The van der Waals surface area contributed by atoms with Gasteiger partial charge in [0.05, 0.1) is 0 Å². The number of benzene rings is 1. The summed E-state index contributed by atoms with van der Waals surface area (Å²) in [6, 6.07) is 9.12. The lowest BCUT2D eigenvalue weighted by Crippen LogP contribution is -2.32. The summed E-state index contributed by atoms with van der Waals surface area (Å²) in [5.41, 5.74) is 11.1. The van der Waals surface area contributed by atoms with E-state index in [1.54, 1.807) is 0 Å². The summed E-state index contributed by atoms with van der Waals surface area (Å²) in [6.07, 6.45) is 11.3. The Hall–Kier alpha value is -1.08. The highest BCUT2D eigenvalue weighted by Crippen LogP contribution is 2.32. The molecular formula is C17H23N. The summed E-state index contributed by atoms with van der Waals surface area (Å²) in [4.78, 5) is 0. The highest BCUT2D eigenvalue weighted by Gasteiger charge is 2.28. The standard InChI is InChI=1S/C17H23N/c18-17(13-7-3-1-2-4-8-13)16-11-14-9-5-6-10-15(14)12-16/h5-7,9-10,16-17H,1-4,8,11-12,18H2. The third-order valence-corrected chi connectivity index (χ3v) is 4.59. The van der Waals surface area contributed by atoms with Crippen molar-refractivity contribution < 1.29 is 0 Å². The molecule has 1 nitrogen and oxygen atoms in total. The van der Waals surface area contributed by atoms with Crippen molar-refractivity contribution in [3.63, 3.8) is 0 Å². The van der Waals surface area contributed by atoms with E-state index in [4.69, 9.17) is 5.73 Å². The SMILES string of the molecule is NC(C1=CCCCCC1)C1Cc2ccccc2C1. The minimum absolute atomic E-state index is 0.287. The molecule has 0 saturated heterocycles. The van der Waals surface area contributed by atoms with Gasteiger partial charge in [0.2, 0.25) is 0 Å². The van der Waals surface area contributed by atoms with Gasteiger partial charge < -0.3 is 5.73 Å². The Balaban J connectivity index is 1.71. The summed E-state index contributed by atoms with van der Waals surface area (Å²) in [6.45, 7) is 0. The molecule has 0 amide bonds. The molecule has 0 bridgehead atoms. The minimum Gasteiger partial charge on any atom is -0.324 e. The van der Waals surface area contributed by atoms with E-state index in [-0.39, 0.29) is 6.04 Å². The van der Waals surface area contributed by atoms with Gasteiger partial charge in [-0.25, -0.2) is 0 Å². The number of fused-ring (bicyclic) bond motifs is 1. The van der Waals surface area contributed by atoms with Crippen LogP contribution < -0.4 is 5.73 Å². The zero-order valence-corrected chi connectivity index (χ0v) is 11.1. The average Bonchev–Trinajstić information content (AvgIpc) is 2.64. The lowest BCUT2D eigenvalue weighted by molar-refractivity contribution is 0.471. The van der Waals surface area contributed by atoms with E-state index in [0.29, 0.717) is 5.92 Å². The first kappa shape index (κ1) is 12.0. The van der Waals surface area contributed by atoms with E-state index in [0.717, 1.165) is 0 Å². The maximum absolute atomic E-state index is 6.53. The van der Waals surface area contributed by atoms with Crippen molar-refractivity contribution in [2.45, 2.75) is 51.0 Å². The maximum Gasteiger partial charge on any atom is 0.0288 e. The van der Waals surface area contributed by atoms with Crippen LogP contribution in [0.4, 0.5) is 0 Å². The first-order valence-corrected chi connectivity index (χ1v) is 7.36. The lowest BCUT2D eigenvalue weighted by Gasteiger charge is -2.22. The van der Waals surface area contributed by atoms with Gasteiger partial charge in [0, 0.05) is 6.04 Å². The number of hydrogen-bond acceptors (Lipinski definition) is 1. The molecule has 1 atom stereocenters. The molecule has 0 spiro atoms. The second-order valence-corrected chi connectivity index (χ2v) is 5.84. The average molecular weight is 241 g/mol. The summed E-state index contributed by atoms with van der Waals surface area (Å²) in [5, 5.41) is 0. The van der Waals surface area contributed by atoms with Crippen molar-refractivity contribution in [2.24, 2.45) is 11.7 Å². The van der Waals surface area contributed by atoms with Gasteiger partial charge in [0.25, 0.3) is 0 Å². The summed E-state index contributed by atoms with van der Waals surface area (Å²) in [5.74, 6) is 0.631. The fourth-order valence-electron chi connectivity index (χ4n) is 3.49. The van der Waals surface area contributed by atoms with Crippen LogP contribution in [0.1, 0.15) is 43.2 Å². The van der Waals surface area contributed by atoms with Crippen LogP contribution >= 0.6 is 0 Å². The smallest absolute Gasteiger partial charge is 0.0288 e. The Morgan fingerprint density at radius 2 is 1.72 bits per heavy atom. The van der Waals surface area contributed by atoms with Crippen LogP contribution in [-0.2, 0) is 12.8 Å². The molecule has 18 heavy (non-hydrogen) atoms. The van der Waals surface area contributed by atoms with Gasteiger partial charge in [-0.2, -0.15) is 0 Å². The van der Waals surface area contributed by atoms with Gasteiger partial charge >= 0.3 is 0 Å². The summed E-state index contributed by atoms with van der Waals surface area (Å²) < 4.78 is 0. The van der Waals surface area contributed by atoms with Crippen molar-refractivity contribution >= 4 is 0 Å². The highest BCUT2D eigenvalue weighted by molar-refractivity contribution is 5.34. The maximum atomic E-state index is 6.53. The summed E-state index contributed by atoms with van der Waals surface area (Å²) >= 11 is 0. The van der Waals surface area contributed by atoms with Gasteiger partial charge in [-0.05, 0) is 55.6 Å². The van der Waals surface area contributed by atoms with E-state index in [1.165, 1.54) is 61.6 Å². The van der Waals surface area contributed by atoms with Gasteiger partial charge in [-0.1, -0.05) is 42.3 Å². The molecule has 2 aliphatic rings. The van der Waals surface area contributed by atoms with E-state index in [2.05, 4.69) is 30.3 Å². The van der Waals surface area contributed by atoms with Gasteiger partial charge in [-0.3, -0.25) is 0 Å². The molecule has 0 heterocycles. The Bertz CT molecular complexity index is 422. The third-order valence-electron chi connectivity index (χ3n) is 4.59. The van der Waals surface area contributed by atoms with Crippen molar-refractivity contribution in [2.75, 3.05) is 0 Å². The number of hydrogen-bond donors (Lipinski definition) is 1. The van der Waals surface area contributed by atoms with Gasteiger partial charge in [0.15, 0.2) is 0 Å². The van der Waals surface area contributed by atoms with Crippen LogP contribution in [0.25, 0.3) is 0 Å². The van der Waals surface area contributed by atoms with E-state index in [9.17, 15) is 0 Å². The predicted molar refractivity (Wildman–Crippen MR) is 76.5 cm³/mol. The Kier molecular flexibility index (Phi) is 3.51. The molecule has 1 heteroatoms. The van der Waals surface area contributed by atoms with Crippen LogP contribution in [0.15, 0.2) is 35.9 Å². The second-order valence-electron chi connectivity index (χ2n) is 5.84. The molecule has 0 fully saturated rings. The zero-order chi connectivity index (χ0) is 12.4. The molecular weight excluding hydrogens is 218 g/mol. The van der Waals surface area contributed by atoms with Gasteiger partial charge in [-0.15, -0.1) is 0 Å². The predicted octanol–water partition coefficient (Wildman–Crippen LogP) is 3.62. The molecule has 0 saturated carbocycles. The van der Waals surface area contributed by atoms with Crippen LogP contribution in [0, 0.1) is 5.92 Å². The normalized spacial score (nSPS) is 22.2. The molecule has 2 N–H and O–H groups in total. The molecule has 96 valence electrons. The fourth-order valence-corrected chi connectivity index (χ4v) is 3.49. The number of allylic oxidation sites excluding steroid dienone is 1. The zero-order valence-electron chi connectivity index (χ0n) is 11.1. The Labute approximate surface area is 110 Å². The second kappa shape index (κ2) is 5.27. The summed E-state index contributed by atoms with van der Waals surface area (Å²) in [7, 11) is 0. The number of rotatable bonds is 2.